The van der Waals surface area contributed by atoms with Crippen molar-refractivity contribution in [3.8, 4) is 5.69 Å². The second-order valence-electron chi connectivity index (χ2n) is 7.16. The fraction of sp³-hybridized carbons (Fsp3) is 0.174. The number of hydrogen-bond acceptors (Lipinski definition) is 3. The number of rotatable bonds is 4. The third-order valence-electron chi connectivity index (χ3n) is 5.14. The number of aryl methyl sites for hydroxylation is 2. The number of benzene rings is 2. The van der Waals surface area contributed by atoms with E-state index in [4.69, 9.17) is 11.6 Å². The van der Waals surface area contributed by atoms with E-state index < -0.39 is 0 Å². The molecule has 0 bridgehead atoms. The Morgan fingerprint density at radius 2 is 1.90 bits per heavy atom. The maximum absolute atomic E-state index is 13.1. The molecule has 158 valence electrons. The van der Waals surface area contributed by atoms with Gasteiger partial charge in [0.05, 0.1) is 22.1 Å². The minimum atomic E-state index is -0.187. The number of hydrogen-bond donors (Lipinski definition) is 0. The largest absolute Gasteiger partial charge is 0.318 e. The van der Waals surface area contributed by atoms with Gasteiger partial charge in [-0.2, -0.15) is 9.78 Å². The fourth-order valence-corrected chi connectivity index (χ4v) is 4.38. The van der Waals surface area contributed by atoms with E-state index in [1.165, 1.54) is 4.68 Å². The van der Waals surface area contributed by atoms with Crippen LogP contribution in [-0.4, -0.2) is 20.4 Å². The Morgan fingerprint density at radius 1 is 1.13 bits per heavy atom. The Hall–Kier alpha value is -2.22. The molecule has 0 fully saturated rings. The molecular weight excluding hydrogens is 544 g/mol. The van der Waals surface area contributed by atoms with Gasteiger partial charge < -0.3 is 4.57 Å². The molecule has 4 rings (SSSR count). The monoisotopic (exact) mass is 560 g/mol. The van der Waals surface area contributed by atoms with Gasteiger partial charge in [0.25, 0.3) is 5.56 Å². The second kappa shape index (κ2) is 8.73. The van der Waals surface area contributed by atoms with Gasteiger partial charge in [0.1, 0.15) is 5.82 Å². The molecule has 2 aromatic carbocycles. The molecule has 0 atom stereocenters. The van der Waals surface area contributed by atoms with Crippen molar-refractivity contribution in [3.05, 3.63) is 89.6 Å². The summed E-state index contributed by atoms with van der Waals surface area (Å²) in [7, 11) is 0. The average molecular weight is 563 g/mol. The quantitative estimate of drug-likeness (QED) is 0.269. The van der Waals surface area contributed by atoms with Crippen LogP contribution in [0.4, 0.5) is 0 Å². The van der Waals surface area contributed by atoms with E-state index in [-0.39, 0.29) is 5.56 Å². The van der Waals surface area contributed by atoms with Crippen LogP contribution in [0.1, 0.15) is 29.7 Å². The van der Waals surface area contributed by atoms with Crippen molar-refractivity contribution in [3.63, 3.8) is 0 Å². The molecule has 0 aliphatic heterocycles. The summed E-state index contributed by atoms with van der Waals surface area (Å²) in [5.74, 6) is 0.615. The van der Waals surface area contributed by atoms with Crippen molar-refractivity contribution >= 4 is 60.6 Å². The molecule has 8 heteroatoms. The lowest BCUT2D eigenvalue weighted by Crippen LogP contribution is -2.22. The molecule has 31 heavy (non-hydrogen) atoms. The normalized spacial score (nSPS) is 11.7. The third kappa shape index (κ3) is 4.14. The standard InChI is InChI=1S/C23H19Br2ClN4O/c1-4-22-28-21-8-5-16(24)10-18(21)23(31)30(22)27-12-15-9-13(2)29(14(15)3)17-6-7-19(25)20(26)11-17/h5-12H,4H2,1-3H3. The maximum Gasteiger partial charge on any atom is 0.282 e. The van der Waals surface area contributed by atoms with Crippen LogP contribution in [0.3, 0.4) is 0 Å². The molecule has 0 unspecified atom stereocenters. The number of aromatic nitrogens is 3. The summed E-state index contributed by atoms with van der Waals surface area (Å²) in [6.45, 7) is 6.00. The minimum absolute atomic E-state index is 0.187. The molecule has 2 aromatic heterocycles. The molecule has 0 amide bonds. The third-order valence-corrected chi connectivity index (χ3v) is 6.86. The predicted octanol–water partition coefficient (Wildman–Crippen LogP) is 6.43. The van der Waals surface area contributed by atoms with E-state index >= 15 is 0 Å². The first-order chi connectivity index (χ1) is 14.8. The van der Waals surface area contributed by atoms with Crippen molar-refractivity contribution in [1.29, 1.82) is 0 Å². The molecular formula is C23H19Br2ClN4O. The lowest BCUT2D eigenvalue weighted by molar-refractivity contribution is 0.734. The molecule has 0 saturated heterocycles. The number of nitrogens with zero attached hydrogens (tertiary/aromatic N) is 4. The Bertz CT molecular complexity index is 1410. The van der Waals surface area contributed by atoms with E-state index in [1.54, 1.807) is 12.3 Å². The first-order valence-corrected chi connectivity index (χ1v) is 11.7. The van der Waals surface area contributed by atoms with Gasteiger partial charge in [-0.15, -0.1) is 0 Å². The number of halogens is 3. The van der Waals surface area contributed by atoms with Gasteiger partial charge >= 0.3 is 0 Å². The second-order valence-corrected chi connectivity index (χ2v) is 9.34. The Morgan fingerprint density at radius 3 is 2.61 bits per heavy atom. The van der Waals surface area contributed by atoms with E-state index in [1.807, 2.05) is 57.2 Å². The highest BCUT2D eigenvalue weighted by atomic mass is 79.9. The van der Waals surface area contributed by atoms with Crippen LogP contribution in [0.25, 0.3) is 16.6 Å². The van der Waals surface area contributed by atoms with Crippen molar-refractivity contribution in [2.75, 3.05) is 0 Å². The fourth-order valence-electron chi connectivity index (χ4n) is 3.60. The smallest absolute Gasteiger partial charge is 0.282 e. The summed E-state index contributed by atoms with van der Waals surface area (Å²) in [5, 5.41) is 5.69. The molecule has 0 N–H and O–H groups in total. The first kappa shape index (κ1) is 22.0. The average Bonchev–Trinajstić information content (AvgIpc) is 3.03. The predicted molar refractivity (Wildman–Crippen MR) is 134 cm³/mol. The summed E-state index contributed by atoms with van der Waals surface area (Å²) in [5.41, 5.74) is 4.41. The molecule has 5 nitrogen and oxygen atoms in total. The van der Waals surface area contributed by atoms with Crippen LogP contribution >= 0.6 is 43.5 Å². The van der Waals surface area contributed by atoms with Crippen LogP contribution in [0.2, 0.25) is 5.02 Å². The Balaban J connectivity index is 1.81. The van der Waals surface area contributed by atoms with Gasteiger partial charge in [0, 0.05) is 38.0 Å². The van der Waals surface area contributed by atoms with E-state index in [2.05, 4.69) is 46.5 Å². The van der Waals surface area contributed by atoms with Crippen molar-refractivity contribution in [1.82, 2.24) is 14.2 Å². The van der Waals surface area contributed by atoms with Crippen LogP contribution in [-0.2, 0) is 6.42 Å². The van der Waals surface area contributed by atoms with Gasteiger partial charge in [-0.1, -0.05) is 34.5 Å². The summed E-state index contributed by atoms with van der Waals surface area (Å²) in [6, 6.07) is 13.4. The van der Waals surface area contributed by atoms with Crippen LogP contribution in [0.15, 0.2) is 61.3 Å². The van der Waals surface area contributed by atoms with Crippen LogP contribution in [0.5, 0.6) is 0 Å². The highest BCUT2D eigenvalue weighted by molar-refractivity contribution is 9.10. The van der Waals surface area contributed by atoms with Gasteiger partial charge in [0.2, 0.25) is 0 Å². The summed E-state index contributed by atoms with van der Waals surface area (Å²) in [6.07, 6.45) is 2.31. The van der Waals surface area contributed by atoms with Gasteiger partial charge in [-0.25, -0.2) is 4.98 Å². The molecule has 0 radical (unpaired) electrons. The van der Waals surface area contributed by atoms with E-state index in [0.717, 1.165) is 31.6 Å². The zero-order valence-electron chi connectivity index (χ0n) is 17.2. The van der Waals surface area contributed by atoms with E-state index in [0.29, 0.717) is 28.2 Å². The maximum atomic E-state index is 13.1. The molecule has 0 saturated carbocycles. The molecule has 2 heterocycles. The zero-order chi connectivity index (χ0) is 22.3. The highest BCUT2D eigenvalue weighted by Gasteiger charge is 2.13. The van der Waals surface area contributed by atoms with Crippen molar-refractivity contribution < 1.29 is 0 Å². The summed E-state index contributed by atoms with van der Waals surface area (Å²) >= 11 is 13.1. The van der Waals surface area contributed by atoms with Gasteiger partial charge in [-0.3, -0.25) is 4.79 Å². The summed E-state index contributed by atoms with van der Waals surface area (Å²) < 4.78 is 5.18. The van der Waals surface area contributed by atoms with Gasteiger partial charge in [-0.05, 0) is 72.2 Å². The first-order valence-electron chi connectivity index (χ1n) is 9.70. The Kier molecular flexibility index (Phi) is 6.19. The van der Waals surface area contributed by atoms with E-state index in [9.17, 15) is 4.79 Å². The van der Waals surface area contributed by atoms with Gasteiger partial charge in [0.15, 0.2) is 0 Å². The highest BCUT2D eigenvalue weighted by Crippen LogP contribution is 2.27. The molecule has 0 spiro atoms. The molecule has 4 aromatic rings. The van der Waals surface area contributed by atoms with Crippen molar-refractivity contribution in [2.24, 2.45) is 5.10 Å². The topological polar surface area (TPSA) is 52.2 Å². The zero-order valence-corrected chi connectivity index (χ0v) is 21.1. The summed E-state index contributed by atoms with van der Waals surface area (Å²) in [4.78, 5) is 17.7. The van der Waals surface area contributed by atoms with Crippen LogP contribution < -0.4 is 5.56 Å². The van der Waals surface area contributed by atoms with Crippen molar-refractivity contribution in [2.45, 2.75) is 27.2 Å². The van der Waals surface area contributed by atoms with Crippen LogP contribution in [0, 0.1) is 13.8 Å². The SMILES string of the molecule is CCc1nc2ccc(Br)cc2c(=O)n1N=Cc1cc(C)n(-c2ccc(Br)c(Cl)c2)c1C. The molecule has 0 aliphatic carbocycles. The number of fused-ring (bicyclic) bond motifs is 1. The minimum Gasteiger partial charge on any atom is -0.318 e. The Labute approximate surface area is 201 Å². The lowest BCUT2D eigenvalue weighted by Gasteiger charge is -2.11. The lowest BCUT2D eigenvalue weighted by atomic mass is 10.2. The molecule has 0 aliphatic rings.